The molecule has 2 N–H and O–H groups in total. The summed E-state index contributed by atoms with van der Waals surface area (Å²) in [6, 6.07) is 14.1. The van der Waals surface area contributed by atoms with Gasteiger partial charge in [0.1, 0.15) is 5.75 Å². The number of rotatable bonds is 7. The van der Waals surface area contributed by atoms with Crippen LogP contribution >= 0.6 is 11.3 Å². The molecule has 0 amide bonds. The van der Waals surface area contributed by atoms with Gasteiger partial charge in [-0.2, -0.15) is 0 Å². The lowest BCUT2D eigenvalue weighted by Gasteiger charge is -2.18. The molecule has 1 heterocycles. The molecule has 2 aromatic carbocycles. The minimum absolute atomic E-state index is 0.0664. The van der Waals surface area contributed by atoms with E-state index in [-0.39, 0.29) is 5.92 Å². The van der Waals surface area contributed by atoms with Crippen molar-refractivity contribution in [2.75, 3.05) is 27.1 Å². The van der Waals surface area contributed by atoms with Crippen LogP contribution in [0, 0.1) is 0 Å². The Balaban J connectivity index is 1.98. The number of hydrogen-bond donors (Lipinski definition) is 1. The minimum atomic E-state index is 0.0664. The third kappa shape index (κ3) is 3.91. The van der Waals surface area contributed by atoms with Crippen molar-refractivity contribution in [3.05, 3.63) is 64.7 Å². The Bertz CT molecular complexity index is 862. The number of aromatic nitrogens is 1. The zero-order valence-electron chi connectivity index (χ0n) is 15.1. The Hall–Kier alpha value is -2.73. The number of nitrogens with zero attached hydrogens (tertiary/aromatic N) is 1. The number of thiazole rings is 1. The highest BCUT2D eigenvalue weighted by molar-refractivity contribution is 7.13. The molecule has 3 aromatic rings. The van der Waals surface area contributed by atoms with E-state index in [1.165, 1.54) is 16.9 Å². The van der Waals surface area contributed by atoms with E-state index in [0.717, 1.165) is 23.4 Å². The van der Waals surface area contributed by atoms with Crippen molar-refractivity contribution in [1.29, 1.82) is 0 Å². The van der Waals surface area contributed by atoms with E-state index in [1.54, 1.807) is 21.3 Å². The quantitative estimate of drug-likeness (QED) is 0.677. The summed E-state index contributed by atoms with van der Waals surface area (Å²) < 4.78 is 16.1. The molecule has 1 aromatic heterocycles. The third-order valence-corrected chi connectivity index (χ3v) is 5.00. The molecule has 6 heteroatoms. The van der Waals surface area contributed by atoms with E-state index in [0.29, 0.717) is 16.6 Å². The summed E-state index contributed by atoms with van der Waals surface area (Å²) in [5, 5.41) is 2.58. The molecule has 0 saturated carbocycles. The van der Waals surface area contributed by atoms with Gasteiger partial charge < -0.3 is 19.9 Å². The van der Waals surface area contributed by atoms with Crippen LogP contribution in [0.3, 0.4) is 0 Å². The van der Waals surface area contributed by atoms with Crippen LogP contribution in [0.15, 0.2) is 47.8 Å². The van der Waals surface area contributed by atoms with Crippen LogP contribution in [0.4, 0.5) is 5.13 Å². The summed E-state index contributed by atoms with van der Waals surface area (Å²) in [5.41, 5.74) is 9.12. The predicted molar refractivity (Wildman–Crippen MR) is 105 cm³/mol. The topological polar surface area (TPSA) is 66.6 Å². The van der Waals surface area contributed by atoms with E-state index in [4.69, 9.17) is 19.9 Å². The van der Waals surface area contributed by atoms with Crippen LogP contribution in [-0.4, -0.2) is 26.3 Å². The summed E-state index contributed by atoms with van der Waals surface area (Å²) >= 11 is 1.45. The monoisotopic (exact) mass is 370 g/mol. The number of ether oxygens (including phenoxy) is 3. The SMILES string of the molecule is COc1ccc(CC(c2ccc(OC)c(OC)c2)c2csc(N)n2)cc1. The van der Waals surface area contributed by atoms with Gasteiger partial charge in [0.25, 0.3) is 0 Å². The normalized spacial score (nSPS) is 11.8. The van der Waals surface area contributed by atoms with Crippen molar-refractivity contribution in [1.82, 2.24) is 4.98 Å². The summed E-state index contributed by atoms with van der Waals surface area (Å²) in [5.74, 6) is 2.32. The molecule has 0 aliphatic heterocycles. The Labute approximate surface area is 157 Å². The Kier molecular flexibility index (Phi) is 5.63. The average molecular weight is 370 g/mol. The molecule has 26 heavy (non-hydrogen) atoms. The fourth-order valence-corrected chi connectivity index (χ4v) is 3.54. The maximum atomic E-state index is 5.87. The molecular weight excluding hydrogens is 348 g/mol. The third-order valence-electron chi connectivity index (χ3n) is 4.31. The molecule has 0 aliphatic carbocycles. The Morgan fingerprint density at radius 1 is 0.962 bits per heavy atom. The van der Waals surface area contributed by atoms with Gasteiger partial charge in [-0.15, -0.1) is 11.3 Å². The fourth-order valence-electron chi connectivity index (χ4n) is 2.92. The lowest BCUT2D eigenvalue weighted by molar-refractivity contribution is 0.354. The summed E-state index contributed by atoms with van der Waals surface area (Å²) in [6.07, 6.45) is 0.794. The van der Waals surface area contributed by atoms with Gasteiger partial charge >= 0.3 is 0 Å². The van der Waals surface area contributed by atoms with Gasteiger partial charge in [-0.05, 0) is 41.8 Å². The van der Waals surface area contributed by atoms with E-state index in [1.807, 2.05) is 35.7 Å². The van der Waals surface area contributed by atoms with Crippen LogP contribution in [-0.2, 0) is 6.42 Å². The number of nitrogen functional groups attached to an aromatic ring is 1. The summed E-state index contributed by atoms with van der Waals surface area (Å²) in [6.45, 7) is 0. The van der Waals surface area contributed by atoms with Crippen molar-refractivity contribution in [3.8, 4) is 17.2 Å². The number of nitrogens with two attached hydrogens (primary N) is 1. The maximum absolute atomic E-state index is 5.87. The smallest absolute Gasteiger partial charge is 0.180 e. The Morgan fingerprint density at radius 2 is 1.69 bits per heavy atom. The highest BCUT2D eigenvalue weighted by Crippen LogP contribution is 2.36. The van der Waals surface area contributed by atoms with Gasteiger partial charge in [-0.25, -0.2) is 4.98 Å². The molecule has 0 fully saturated rings. The van der Waals surface area contributed by atoms with Crippen molar-refractivity contribution < 1.29 is 14.2 Å². The van der Waals surface area contributed by atoms with E-state index in [9.17, 15) is 0 Å². The molecule has 1 unspecified atom stereocenters. The Morgan fingerprint density at radius 3 is 2.27 bits per heavy atom. The van der Waals surface area contributed by atoms with Gasteiger partial charge in [-0.1, -0.05) is 18.2 Å². The van der Waals surface area contributed by atoms with Gasteiger partial charge in [0.2, 0.25) is 0 Å². The van der Waals surface area contributed by atoms with E-state index in [2.05, 4.69) is 17.1 Å². The summed E-state index contributed by atoms with van der Waals surface area (Å²) in [7, 11) is 4.94. The number of anilines is 1. The first-order chi connectivity index (χ1) is 12.6. The van der Waals surface area contributed by atoms with Gasteiger partial charge in [-0.3, -0.25) is 0 Å². The van der Waals surface area contributed by atoms with Gasteiger partial charge in [0, 0.05) is 11.3 Å². The number of hydrogen-bond acceptors (Lipinski definition) is 6. The second kappa shape index (κ2) is 8.10. The largest absolute Gasteiger partial charge is 0.497 e. The second-order valence-corrected chi connectivity index (χ2v) is 6.72. The van der Waals surface area contributed by atoms with Crippen LogP contribution < -0.4 is 19.9 Å². The molecule has 0 radical (unpaired) electrons. The molecule has 0 spiro atoms. The molecule has 3 rings (SSSR count). The first-order valence-electron chi connectivity index (χ1n) is 8.20. The molecule has 0 bridgehead atoms. The molecule has 1 atom stereocenters. The molecule has 0 aliphatic rings. The first-order valence-corrected chi connectivity index (χ1v) is 9.08. The van der Waals surface area contributed by atoms with Crippen LogP contribution in [0.5, 0.6) is 17.2 Å². The zero-order valence-corrected chi connectivity index (χ0v) is 15.9. The van der Waals surface area contributed by atoms with Crippen molar-refractivity contribution in [2.24, 2.45) is 0 Å². The van der Waals surface area contributed by atoms with E-state index >= 15 is 0 Å². The summed E-state index contributed by atoms with van der Waals surface area (Å²) in [4.78, 5) is 4.51. The highest BCUT2D eigenvalue weighted by Gasteiger charge is 2.20. The lowest BCUT2D eigenvalue weighted by Crippen LogP contribution is -2.07. The fraction of sp³-hybridized carbons (Fsp3) is 0.250. The van der Waals surface area contributed by atoms with Gasteiger partial charge in [0.15, 0.2) is 16.6 Å². The molecular formula is C20H22N2O3S. The molecule has 5 nitrogen and oxygen atoms in total. The minimum Gasteiger partial charge on any atom is -0.497 e. The second-order valence-electron chi connectivity index (χ2n) is 5.83. The molecule has 136 valence electrons. The lowest BCUT2D eigenvalue weighted by atomic mass is 9.89. The standard InChI is InChI=1S/C20H22N2O3S/c1-23-15-7-4-13(5-8-15)10-16(17-12-26-20(21)22-17)14-6-9-18(24-2)19(11-14)25-3/h4-9,11-12,16H,10H2,1-3H3,(H2,21,22). The van der Waals surface area contributed by atoms with Crippen molar-refractivity contribution >= 4 is 16.5 Å². The van der Waals surface area contributed by atoms with Crippen LogP contribution in [0.25, 0.3) is 0 Å². The molecule has 0 saturated heterocycles. The van der Waals surface area contributed by atoms with Crippen molar-refractivity contribution in [2.45, 2.75) is 12.3 Å². The number of methoxy groups -OCH3 is 3. The van der Waals surface area contributed by atoms with Crippen molar-refractivity contribution in [3.63, 3.8) is 0 Å². The van der Waals surface area contributed by atoms with Crippen LogP contribution in [0.1, 0.15) is 22.7 Å². The maximum Gasteiger partial charge on any atom is 0.180 e. The predicted octanol–water partition coefficient (Wildman–Crippen LogP) is 4.13. The zero-order chi connectivity index (χ0) is 18.5. The van der Waals surface area contributed by atoms with E-state index < -0.39 is 0 Å². The van der Waals surface area contributed by atoms with Crippen LogP contribution in [0.2, 0.25) is 0 Å². The highest BCUT2D eigenvalue weighted by atomic mass is 32.1. The van der Waals surface area contributed by atoms with Gasteiger partial charge in [0.05, 0.1) is 27.0 Å². The number of benzene rings is 2. The average Bonchev–Trinajstić information content (AvgIpc) is 3.12. The first kappa shape index (κ1) is 18.1.